The summed E-state index contributed by atoms with van der Waals surface area (Å²) in [5.74, 6) is -0.887. The van der Waals surface area contributed by atoms with Gasteiger partial charge in [-0.25, -0.2) is 12.8 Å². The van der Waals surface area contributed by atoms with E-state index in [0.717, 1.165) is 17.7 Å². The van der Waals surface area contributed by atoms with E-state index in [-0.39, 0.29) is 28.7 Å². The van der Waals surface area contributed by atoms with Gasteiger partial charge in [0.15, 0.2) is 0 Å². The number of nitrogens with zero attached hydrogens (tertiary/aromatic N) is 1. The largest absolute Gasteiger partial charge is 0.350 e. The number of hydrogen-bond donors (Lipinski definition) is 2. The number of benzene rings is 3. The van der Waals surface area contributed by atoms with Crippen molar-refractivity contribution >= 4 is 33.2 Å². The lowest BCUT2D eigenvalue weighted by Gasteiger charge is -2.26. The lowest BCUT2D eigenvalue weighted by atomic mass is 10.1. The molecule has 168 valence electrons. The first-order valence-corrected chi connectivity index (χ1v) is 11.6. The Labute approximate surface area is 192 Å². The van der Waals surface area contributed by atoms with Gasteiger partial charge in [0.25, 0.3) is 15.9 Å². The van der Waals surface area contributed by atoms with Crippen LogP contribution in [-0.4, -0.2) is 39.9 Å². The maximum atomic E-state index is 13.1. The van der Waals surface area contributed by atoms with Crippen molar-refractivity contribution in [3.63, 3.8) is 0 Å². The van der Waals surface area contributed by atoms with Gasteiger partial charge in [0.1, 0.15) is 5.82 Å². The van der Waals surface area contributed by atoms with Crippen LogP contribution in [-0.2, 0) is 10.0 Å². The summed E-state index contributed by atoms with van der Waals surface area (Å²) in [6.45, 7) is 0.278. The van der Waals surface area contributed by atoms with Crippen LogP contribution in [0.5, 0.6) is 0 Å². The molecule has 0 aliphatic heterocycles. The number of amides is 1. The van der Waals surface area contributed by atoms with Crippen molar-refractivity contribution in [1.82, 2.24) is 10.2 Å². The third kappa shape index (κ3) is 5.85. The molecule has 0 aliphatic rings. The van der Waals surface area contributed by atoms with Crippen molar-refractivity contribution < 1.29 is 17.6 Å². The summed E-state index contributed by atoms with van der Waals surface area (Å²) in [5, 5.41) is 3.44. The van der Waals surface area contributed by atoms with E-state index in [0.29, 0.717) is 5.02 Å². The molecule has 0 spiro atoms. The highest BCUT2D eigenvalue weighted by Gasteiger charge is 2.20. The fourth-order valence-corrected chi connectivity index (χ4v) is 4.51. The highest BCUT2D eigenvalue weighted by atomic mass is 35.5. The van der Waals surface area contributed by atoms with Gasteiger partial charge in [0.2, 0.25) is 0 Å². The maximum absolute atomic E-state index is 13.1. The third-order valence-corrected chi connectivity index (χ3v) is 6.57. The number of anilines is 1. The standard InChI is InChI=1S/C23H23ClFN3O3S/c1-28(2)22(20-8-3-4-9-21(20)24)15-26-23(29)16-6-5-7-19(14-16)32(30,31)27-18-12-10-17(25)11-13-18/h3-14,22,27H,15H2,1-2H3,(H,26,29). The van der Waals surface area contributed by atoms with Crippen molar-refractivity contribution in [3.8, 4) is 0 Å². The van der Waals surface area contributed by atoms with Gasteiger partial charge in [0, 0.05) is 22.8 Å². The molecule has 0 fully saturated rings. The minimum absolute atomic E-state index is 0.0789. The molecule has 0 heterocycles. The predicted octanol–water partition coefficient (Wildman–Crippen LogP) is 4.31. The second-order valence-corrected chi connectivity index (χ2v) is 9.44. The van der Waals surface area contributed by atoms with Crippen LogP contribution in [0.25, 0.3) is 0 Å². The zero-order valence-corrected chi connectivity index (χ0v) is 19.1. The average Bonchev–Trinajstić information content (AvgIpc) is 2.76. The zero-order chi connectivity index (χ0) is 23.3. The normalized spacial score (nSPS) is 12.4. The first kappa shape index (κ1) is 23.7. The van der Waals surface area contributed by atoms with Crippen molar-refractivity contribution in [3.05, 3.63) is 94.8 Å². The van der Waals surface area contributed by atoms with E-state index in [1.165, 1.54) is 36.4 Å². The van der Waals surface area contributed by atoms with Crippen LogP contribution in [0.15, 0.2) is 77.7 Å². The Bertz CT molecular complexity index is 1200. The molecule has 1 amide bonds. The van der Waals surface area contributed by atoms with E-state index in [2.05, 4.69) is 10.0 Å². The first-order valence-electron chi connectivity index (χ1n) is 9.75. The van der Waals surface area contributed by atoms with Crippen LogP contribution in [0.2, 0.25) is 5.02 Å². The summed E-state index contributed by atoms with van der Waals surface area (Å²) in [7, 11) is -0.187. The van der Waals surface area contributed by atoms with Gasteiger partial charge in [-0.3, -0.25) is 9.52 Å². The molecule has 2 N–H and O–H groups in total. The average molecular weight is 476 g/mol. The number of carbonyl (C=O) groups excluding carboxylic acids is 1. The Hall–Kier alpha value is -2.94. The summed E-state index contributed by atoms with van der Waals surface area (Å²) >= 11 is 6.31. The molecular formula is C23H23ClFN3O3S. The Kier molecular flexibility index (Phi) is 7.50. The molecule has 0 radical (unpaired) electrons. The fraction of sp³-hybridized carbons (Fsp3) is 0.174. The zero-order valence-electron chi connectivity index (χ0n) is 17.5. The number of nitrogens with one attached hydrogen (secondary N) is 2. The smallest absolute Gasteiger partial charge is 0.261 e. The Morgan fingerprint density at radius 2 is 1.72 bits per heavy atom. The van der Waals surface area contributed by atoms with Gasteiger partial charge in [-0.1, -0.05) is 35.9 Å². The van der Waals surface area contributed by atoms with Crippen LogP contribution in [0.1, 0.15) is 22.0 Å². The summed E-state index contributed by atoms with van der Waals surface area (Å²) in [6, 6.07) is 17.9. The maximum Gasteiger partial charge on any atom is 0.261 e. The SMILES string of the molecule is CN(C)C(CNC(=O)c1cccc(S(=O)(=O)Nc2ccc(F)cc2)c1)c1ccccc1Cl. The summed E-state index contributed by atoms with van der Waals surface area (Å²) < 4.78 is 40.8. The van der Waals surface area contributed by atoms with Crippen molar-refractivity contribution in [2.75, 3.05) is 25.4 Å². The molecule has 32 heavy (non-hydrogen) atoms. The van der Waals surface area contributed by atoms with Gasteiger partial charge >= 0.3 is 0 Å². The van der Waals surface area contributed by atoms with Gasteiger partial charge in [-0.05, 0) is 68.2 Å². The van der Waals surface area contributed by atoms with Gasteiger partial charge < -0.3 is 10.2 Å². The quantitative estimate of drug-likeness (QED) is 0.508. The van der Waals surface area contributed by atoms with Gasteiger partial charge in [-0.15, -0.1) is 0 Å². The minimum atomic E-state index is -3.95. The van der Waals surface area contributed by atoms with Crippen molar-refractivity contribution in [1.29, 1.82) is 0 Å². The Balaban J connectivity index is 1.74. The van der Waals surface area contributed by atoms with Crippen molar-refractivity contribution in [2.45, 2.75) is 10.9 Å². The number of carbonyl (C=O) groups is 1. The van der Waals surface area contributed by atoms with Crippen LogP contribution in [0.4, 0.5) is 10.1 Å². The lowest BCUT2D eigenvalue weighted by molar-refractivity contribution is 0.0941. The molecule has 0 aliphatic carbocycles. The second-order valence-electron chi connectivity index (χ2n) is 7.35. The van der Waals surface area contributed by atoms with E-state index in [4.69, 9.17) is 11.6 Å². The van der Waals surface area contributed by atoms with Crippen LogP contribution >= 0.6 is 11.6 Å². The molecule has 0 aromatic heterocycles. The Morgan fingerprint density at radius 3 is 2.38 bits per heavy atom. The molecular weight excluding hydrogens is 453 g/mol. The number of rotatable bonds is 8. The Morgan fingerprint density at radius 1 is 1.03 bits per heavy atom. The molecule has 0 saturated carbocycles. The third-order valence-electron chi connectivity index (χ3n) is 4.85. The number of sulfonamides is 1. The molecule has 9 heteroatoms. The summed E-state index contributed by atoms with van der Waals surface area (Å²) in [6.07, 6.45) is 0. The predicted molar refractivity (Wildman–Crippen MR) is 124 cm³/mol. The molecule has 3 aromatic rings. The number of likely N-dealkylation sites (N-methyl/N-ethyl adjacent to an activating group) is 1. The molecule has 6 nitrogen and oxygen atoms in total. The summed E-state index contributed by atoms with van der Waals surface area (Å²) in [4.78, 5) is 14.6. The molecule has 3 aromatic carbocycles. The highest BCUT2D eigenvalue weighted by molar-refractivity contribution is 7.92. The van der Waals surface area contributed by atoms with Crippen LogP contribution in [0, 0.1) is 5.82 Å². The first-order chi connectivity index (χ1) is 15.2. The molecule has 1 unspecified atom stereocenters. The number of halogens is 2. The molecule has 3 rings (SSSR count). The van der Waals surface area contributed by atoms with Crippen LogP contribution < -0.4 is 10.0 Å². The van der Waals surface area contributed by atoms with Gasteiger partial charge in [0.05, 0.1) is 10.9 Å². The molecule has 0 saturated heterocycles. The van der Waals surface area contributed by atoms with E-state index < -0.39 is 21.7 Å². The fourth-order valence-electron chi connectivity index (χ4n) is 3.14. The lowest BCUT2D eigenvalue weighted by Crippen LogP contribution is -2.34. The molecule has 1 atom stereocenters. The highest BCUT2D eigenvalue weighted by Crippen LogP contribution is 2.25. The monoisotopic (exact) mass is 475 g/mol. The van der Waals surface area contributed by atoms with E-state index in [1.807, 2.05) is 37.2 Å². The van der Waals surface area contributed by atoms with Crippen LogP contribution in [0.3, 0.4) is 0 Å². The van der Waals surface area contributed by atoms with E-state index in [1.54, 1.807) is 6.07 Å². The molecule has 0 bridgehead atoms. The topological polar surface area (TPSA) is 78.5 Å². The second kappa shape index (κ2) is 10.1. The van der Waals surface area contributed by atoms with Gasteiger partial charge in [-0.2, -0.15) is 0 Å². The summed E-state index contributed by atoms with van der Waals surface area (Å²) in [5.41, 5.74) is 1.29. The number of hydrogen-bond acceptors (Lipinski definition) is 4. The minimum Gasteiger partial charge on any atom is -0.350 e. The van der Waals surface area contributed by atoms with E-state index in [9.17, 15) is 17.6 Å². The van der Waals surface area contributed by atoms with Crippen molar-refractivity contribution in [2.24, 2.45) is 0 Å². The van der Waals surface area contributed by atoms with E-state index >= 15 is 0 Å².